The van der Waals surface area contributed by atoms with E-state index in [1.807, 2.05) is 12.1 Å². The largest absolute Gasteiger partial charge is 0.266 e. The summed E-state index contributed by atoms with van der Waals surface area (Å²) in [6.45, 7) is 0. The fourth-order valence-electron chi connectivity index (χ4n) is 1.25. The smallest absolute Gasteiger partial charge is 0.230 e. The molecule has 0 saturated carbocycles. The van der Waals surface area contributed by atoms with Gasteiger partial charge in [0.05, 0.1) is 10.2 Å². The first-order valence-electron chi connectivity index (χ1n) is 4.85. The van der Waals surface area contributed by atoms with Crippen LogP contribution in [-0.4, -0.2) is 10.7 Å². The topological polar surface area (TPSA) is 12.9 Å². The van der Waals surface area contributed by atoms with Crippen molar-refractivity contribution in [3.05, 3.63) is 33.9 Å². The summed E-state index contributed by atoms with van der Waals surface area (Å²) in [5.74, 6) is 0.633. The molecular formula is C11H8F2INS2. The summed E-state index contributed by atoms with van der Waals surface area (Å²) in [4.78, 5) is 4.44. The number of thiazole rings is 1. The molecule has 0 N–H and O–H groups in total. The number of rotatable bonds is 4. The highest BCUT2D eigenvalue weighted by molar-refractivity contribution is 14.1. The van der Waals surface area contributed by atoms with E-state index >= 15 is 0 Å². The van der Waals surface area contributed by atoms with Crippen molar-refractivity contribution in [2.45, 2.75) is 10.8 Å². The van der Waals surface area contributed by atoms with Crippen LogP contribution in [0.25, 0.3) is 10.2 Å². The fourth-order valence-corrected chi connectivity index (χ4v) is 4.02. The molecule has 0 aliphatic rings. The SMILES string of the molecule is FC(F)=CCCSc1nc2ccc(I)cc2s1. The predicted molar refractivity (Wildman–Crippen MR) is 78.0 cm³/mol. The Labute approximate surface area is 119 Å². The molecule has 0 radical (unpaired) electrons. The van der Waals surface area contributed by atoms with Gasteiger partial charge in [0, 0.05) is 9.32 Å². The number of benzene rings is 1. The summed E-state index contributed by atoms with van der Waals surface area (Å²) >= 11 is 5.39. The van der Waals surface area contributed by atoms with Crippen LogP contribution >= 0.6 is 45.7 Å². The van der Waals surface area contributed by atoms with Crippen LogP contribution in [0.5, 0.6) is 0 Å². The molecule has 17 heavy (non-hydrogen) atoms. The minimum absolute atomic E-state index is 0.375. The summed E-state index contributed by atoms with van der Waals surface area (Å²) in [5.41, 5.74) is 0.977. The molecule has 0 aliphatic heterocycles. The maximum atomic E-state index is 11.8. The average molecular weight is 383 g/mol. The number of fused-ring (bicyclic) bond motifs is 1. The Kier molecular flexibility index (Phi) is 4.75. The highest BCUT2D eigenvalue weighted by atomic mass is 127. The van der Waals surface area contributed by atoms with Crippen LogP contribution < -0.4 is 0 Å². The lowest BCUT2D eigenvalue weighted by molar-refractivity contribution is 0.418. The zero-order chi connectivity index (χ0) is 12.3. The molecule has 0 spiro atoms. The molecule has 1 nitrogen and oxygen atoms in total. The summed E-state index contributed by atoms with van der Waals surface area (Å²) < 4.78 is 26.9. The summed E-state index contributed by atoms with van der Waals surface area (Å²) in [7, 11) is 0. The third-order valence-corrected chi connectivity index (χ3v) is 4.84. The third-order valence-electron chi connectivity index (χ3n) is 1.97. The van der Waals surface area contributed by atoms with Gasteiger partial charge in [0.15, 0.2) is 4.34 Å². The summed E-state index contributed by atoms with van der Waals surface area (Å²) in [6.07, 6.45) is -0.284. The number of aromatic nitrogens is 1. The first kappa shape index (κ1) is 13.2. The number of halogens is 3. The Morgan fingerprint density at radius 1 is 1.47 bits per heavy atom. The van der Waals surface area contributed by atoms with Crippen LogP contribution in [0.1, 0.15) is 6.42 Å². The predicted octanol–water partition coefficient (Wildman–Crippen LogP) is 5.16. The van der Waals surface area contributed by atoms with E-state index in [0.717, 1.165) is 20.6 Å². The van der Waals surface area contributed by atoms with E-state index in [0.29, 0.717) is 12.2 Å². The average Bonchev–Trinajstić information content (AvgIpc) is 2.66. The summed E-state index contributed by atoms with van der Waals surface area (Å²) in [5, 5.41) is 0. The Hall–Kier alpha value is -0.210. The van der Waals surface area contributed by atoms with E-state index in [2.05, 4.69) is 33.6 Å². The van der Waals surface area contributed by atoms with Crippen LogP contribution in [0.3, 0.4) is 0 Å². The molecule has 0 aliphatic carbocycles. The van der Waals surface area contributed by atoms with Gasteiger partial charge in [-0.25, -0.2) is 4.98 Å². The molecule has 90 valence electrons. The number of hydrogen-bond donors (Lipinski definition) is 0. The first-order valence-corrected chi connectivity index (χ1v) is 7.73. The molecule has 2 aromatic rings. The van der Waals surface area contributed by atoms with E-state index in [4.69, 9.17) is 0 Å². The normalized spacial score (nSPS) is 10.8. The third kappa shape index (κ3) is 3.89. The van der Waals surface area contributed by atoms with E-state index in [1.54, 1.807) is 11.3 Å². The van der Waals surface area contributed by atoms with E-state index in [9.17, 15) is 8.78 Å². The number of hydrogen-bond acceptors (Lipinski definition) is 3. The van der Waals surface area contributed by atoms with Gasteiger partial charge in [0.1, 0.15) is 0 Å². The van der Waals surface area contributed by atoms with Gasteiger partial charge in [0.25, 0.3) is 6.08 Å². The first-order chi connectivity index (χ1) is 8.15. The Morgan fingerprint density at radius 3 is 3.06 bits per heavy atom. The van der Waals surface area contributed by atoms with Crippen molar-refractivity contribution in [2.75, 3.05) is 5.75 Å². The highest BCUT2D eigenvalue weighted by Gasteiger charge is 2.04. The Balaban J connectivity index is 2.02. The quantitative estimate of drug-likeness (QED) is 0.411. The number of allylic oxidation sites excluding steroid dienone is 1. The van der Waals surface area contributed by atoms with Crippen molar-refractivity contribution in [1.29, 1.82) is 0 Å². The van der Waals surface area contributed by atoms with Crippen LogP contribution in [0.2, 0.25) is 0 Å². The molecular weight excluding hydrogens is 375 g/mol. The van der Waals surface area contributed by atoms with Gasteiger partial charge in [-0.1, -0.05) is 11.8 Å². The maximum Gasteiger partial charge on any atom is 0.266 e. The highest BCUT2D eigenvalue weighted by Crippen LogP contribution is 2.30. The standard InChI is InChI=1S/C11H8F2INS2/c12-10(13)2-1-5-16-11-15-8-4-3-7(14)6-9(8)17-11/h2-4,6H,1,5H2. The monoisotopic (exact) mass is 383 g/mol. The lowest BCUT2D eigenvalue weighted by Gasteiger charge is -1.91. The van der Waals surface area contributed by atoms with E-state index in [1.165, 1.54) is 15.3 Å². The molecule has 0 saturated heterocycles. The van der Waals surface area contributed by atoms with E-state index in [-0.39, 0.29) is 0 Å². The van der Waals surface area contributed by atoms with Crippen molar-refractivity contribution < 1.29 is 8.78 Å². The Bertz CT molecular complexity index is 549. The van der Waals surface area contributed by atoms with Crippen LogP contribution in [-0.2, 0) is 0 Å². The van der Waals surface area contributed by atoms with Crippen LogP contribution in [0, 0.1) is 3.57 Å². The van der Waals surface area contributed by atoms with Crippen LogP contribution in [0.15, 0.2) is 34.7 Å². The van der Waals surface area contributed by atoms with Crippen molar-refractivity contribution in [2.24, 2.45) is 0 Å². The number of thioether (sulfide) groups is 1. The minimum atomic E-state index is -1.61. The molecule has 0 amide bonds. The zero-order valence-electron chi connectivity index (χ0n) is 8.62. The summed E-state index contributed by atoms with van der Waals surface area (Å²) in [6, 6.07) is 6.08. The van der Waals surface area contributed by atoms with Crippen molar-refractivity contribution >= 4 is 55.9 Å². The molecule has 0 unspecified atom stereocenters. The second-order valence-corrected chi connectivity index (χ2v) is 6.84. The second-order valence-electron chi connectivity index (χ2n) is 3.22. The van der Waals surface area contributed by atoms with Crippen molar-refractivity contribution in [3.63, 3.8) is 0 Å². The van der Waals surface area contributed by atoms with Gasteiger partial charge in [-0.15, -0.1) is 11.3 Å². The van der Waals surface area contributed by atoms with Crippen molar-refractivity contribution in [3.8, 4) is 0 Å². The molecule has 1 aromatic heterocycles. The second kappa shape index (κ2) is 6.10. The molecule has 0 bridgehead atoms. The van der Waals surface area contributed by atoms with Crippen LogP contribution in [0.4, 0.5) is 8.78 Å². The maximum absolute atomic E-state index is 11.8. The van der Waals surface area contributed by atoms with Crippen molar-refractivity contribution in [1.82, 2.24) is 4.98 Å². The molecule has 1 heterocycles. The fraction of sp³-hybridized carbons (Fsp3) is 0.182. The van der Waals surface area contributed by atoms with Gasteiger partial charge in [0.2, 0.25) is 0 Å². The van der Waals surface area contributed by atoms with E-state index < -0.39 is 6.08 Å². The number of nitrogens with zero attached hydrogens (tertiary/aromatic N) is 1. The Morgan fingerprint density at radius 2 is 2.29 bits per heavy atom. The van der Waals surface area contributed by atoms with Gasteiger partial charge < -0.3 is 0 Å². The molecule has 0 fully saturated rings. The lowest BCUT2D eigenvalue weighted by atomic mass is 10.3. The molecule has 2 rings (SSSR count). The van der Waals surface area contributed by atoms with Gasteiger partial charge in [-0.05, 0) is 53.3 Å². The molecule has 0 atom stereocenters. The van der Waals surface area contributed by atoms with Gasteiger partial charge >= 0.3 is 0 Å². The lowest BCUT2D eigenvalue weighted by Crippen LogP contribution is -1.76. The van der Waals surface area contributed by atoms with Gasteiger partial charge in [-0.3, -0.25) is 0 Å². The molecule has 1 aromatic carbocycles. The minimum Gasteiger partial charge on any atom is -0.230 e. The molecule has 6 heteroatoms. The van der Waals surface area contributed by atoms with Gasteiger partial charge in [-0.2, -0.15) is 8.78 Å². The zero-order valence-corrected chi connectivity index (χ0v) is 12.4.